The van der Waals surface area contributed by atoms with E-state index in [2.05, 4.69) is 6.58 Å². The summed E-state index contributed by atoms with van der Waals surface area (Å²) < 4.78 is 5.31. The molecule has 11 heavy (non-hydrogen) atoms. The van der Waals surface area contributed by atoms with Crippen molar-refractivity contribution in [2.45, 2.75) is 26.1 Å². The van der Waals surface area contributed by atoms with E-state index in [-0.39, 0.29) is 6.42 Å². The molecule has 0 spiro atoms. The number of aliphatic carboxylic acids is 1. The zero-order valence-electron chi connectivity index (χ0n) is 7.18. The smallest absolute Gasteiger partial charge is 0.310 e. The minimum absolute atomic E-state index is 0.0930. The number of carboxylic acid groups (broad SMARTS) is 1. The van der Waals surface area contributed by atoms with Gasteiger partial charge < -0.3 is 9.53 Å². The van der Waals surface area contributed by atoms with Crippen LogP contribution in [-0.4, -0.2) is 19.4 Å². The molecule has 0 saturated heterocycles. The Kier molecular flexibility index (Phi) is 3.32. The highest BCUT2D eigenvalue weighted by Gasteiger charge is 2.17. The fourth-order valence-corrected chi connectivity index (χ4v) is 1.58. The molecule has 0 atom stereocenters. The summed E-state index contributed by atoms with van der Waals surface area (Å²) in [6.07, 6.45) is -0.0930. The van der Waals surface area contributed by atoms with E-state index < -0.39 is 14.3 Å². The Bertz CT molecular complexity index is 169. The molecule has 0 aromatic carbocycles. The summed E-state index contributed by atoms with van der Waals surface area (Å²) in [5, 5.41) is 8.36. The van der Waals surface area contributed by atoms with Crippen LogP contribution < -0.4 is 0 Å². The van der Waals surface area contributed by atoms with Crippen molar-refractivity contribution < 1.29 is 14.3 Å². The Labute approximate surface area is 67.8 Å². The molecule has 1 N–H and O–H groups in total. The monoisotopic (exact) mass is 174 g/mol. The van der Waals surface area contributed by atoms with Gasteiger partial charge in [-0.25, -0.2) is 0 Å². The summed E-state index contributed by atoms with van der Waals surface area (Å²) in [7, 11) is -1.65. The summed E-state index contributed by atoms with van der Waals surface area (Å²) in [5.74, 6) is -0.537. The van der Waals surface area contributed by atoms with Crippen molar-refractivity contribution >= 4 is 14.3 Å². The van der Waals surface area contributed by atoms with Gasteiger partial charge in [0.2, 0.25) is 8.32 Å². The minimum atomic E-state index is -1.65. The second-order valence-electron chi connectivity index (χ2n) is 3.32. The van der Waals surface area contributed by atoms with Gasteiger partial charge in [0.05, 0.1) is 5.76 Å². The Balaban J connectivity index is 3.80. The highest BCUT2D eigenvalue weighted by Crippen LogP contribution is 2.10. The largest absolute Gasteiger partial charge is 0.547 e. The quantitative estimate of drug-likeness (QED) is 0.522. The van der Waals surface area contributed by atoms with Crippen LogP contribution in [0.25, 0.3) is 0 Å². The summed E-state index contributed by atoms with van der Waals surface area (Å²) in [4.78, 5) is 10.2. The molecule has 0 aliphatic carbocycles. The molecule has 4 heteroatoms. The normalized spacial score (nSPS) is 10.8. The Morgan fingerprint density at radius 3 is 2.27 bits per heavy atom. The Morgan fingerprint density at radius 2 is 2.00 bits per heavy atom. The molecule has 64 valence electrons. The number of carboxylic acids is 1. The van der Waals surface area contributed by atoms with E-state index in [9.17, 15) is 4.79 Å². The molecule has 0 amide bonds. The lowest BCUT2D eigenvalue weighted by molar-refractivity contribution is -0.136. The van der Waals surface area contributed by atoms with Crippen LogP contribution in [0.2, 0.25) is 19.6 Å². The van der Waals surface area contributed by atoms with Crippen molar-refractivity contribution in [3.05, 3.63) is 12.3 Å². The van der Waals surface area contributed by atoms with Crippen molar-refractivity contribution in [2.24, 2.45) is 0 Å². The van der Waals surface area contributed by atoms with Gasteiger partial charge in [0.25, 0.3) is 0 Å². The van der Waals surface area contributed by atoms with Gasteiger partial charge in [-0.05, 0) is 19.6 Å². The van der Waals surface area contributed by atoms with E-state index in [1.807, 2.05) is 19.6 Å². The van der Waals surface area contributed by atoms with Crippen LogP contribution in [0.4, 0.5) is 0 Å². The molecule has 0 fully saturated rings. The van der Waals surface area contributed by atoms with Crippen LogP contribution in [0.1, 0.15) is 6.42 Å². The maximum atomic E-state index is 10.2. The number of rotatable bonds is 4. The third-order valence-corrected chi connectivity index (χ3v) is 1.70. The lowest BCUT2D eigenvalue weighted by Crippen LogP contribution is -2.25. The van der Waals surface area contributed by atoms with E-state index in [0.29, 0.717) is 5.76 Å². The van der Waals surface area contributed by atoms with E-state index in [1.165, 1.54) is 0 Å². The molecule has 0 aromatic heterocycles. The number of hydrogen-bond acceptors (Lipinski definition) is 2. The van der Waals surface area contributed by atoms with Gasteiger partial charge in [-0.1, -0.05) is 6.58 Å². The first-order valence-electron chi connectivity index (χ1n) is 3.40. The topological polar surface area (TPSA) is 46.5 Å². The second-order valence-corrected chi connectivity index (χ2v) is 7.75. The predicted octanol–water partition coefficient (Wildman–Crippen LogP) is 1.83. The van der Waals surface area contributed by atoms with Gasteiger partial charge in [0.1, 0.15) is 6.42 Å². The van der Waals surface area contributed by atoms with E-state index >= 15 is 0 Å². The summed E-state index contributed by atoms with van der Waals surface area (Å²) in [6.45, 7) is 9.47. The molecule has 0 radical (unpaired) electrons. The lowest BCUT2D eigenvalue weighted by atomic mass is 10.4. The maximum Gasteiger partial charge on any atom is 0.310 e. The summed E-state index contributed by atoms with van der Waals surface area (Å²) in [5.41, 5.74) is 0. The molecule has 0 aliphatic heterocycles. The third-order valence-electron chi connectivity index (χ3n) is 0.799. The lowest BCUT2D eigenvalue weighted by Gasteiger charge is -2.19. The first-order chi connectivity index (χ1) is 4.81. The Hall–Kier alpha value is -0.773. The molecular weight excluding hydrogens is 160 g/mol. The van der Waals surface area contributed by atoms with E-state index in [1.54, 1.807) is 0 Å². The fourth-order valence-electron chi connectivity index (χ4n) is 0.638. The first kappa shape index (κ1) is 10.2. The molecule has 3 nitrogen and oxygen atoms in total. The van der Waals surface area contributed by atoms with Gasteiger partial charge in [0.15, 0.2) is 0 Å². The highest BCUT2D eigenvalue weighted by molar-refractivity contribution is 6.70. The molecule has 0 aliphatic rings. The van der Waals surface area contributed by atoms with Crippen molar-refractivity contribution in [1.29, 1.82) is 0 Å². The van der Waals surface area contributed by atoms with Crippen LogP contribution in [-0.2, 0) is 9.22 Å². The third kappa shape index (κ3) is 7.12. The first-order valence-corrected chi connectivity index (χ1v) is 6.80. The molecule has 0 unspecified atom stereocenters. The zero-order valence-corrected chi connectivity index (χ0v) is 8.18. The van der Waals surface area contributed by atoms with Crippen molar-refractivity contribution in [3.63, 3.8) is 0 Å². The van der Waals surface area contributed by atoms with Gasteiger partial charge in [-0.3, -0.25) is 4.79 Å². The van der Waals surface area contributed by atoms with Crippen molar-refractivity contribution in [2.75, 3.05) is 0 Å². The highest BCUT2D eigenvalue weighted by atomic mass is 28.4. The maximum absolute atomic E-state index is 10.2. The predicted molar refractivity (Wildman–Crippen MR) is 45.8 cm³/mol. The van der Waals surface area contributed by atoms with Crippen LogP contribution >= 0.6 is 0 Å². The molecule has 0 aromatic rings. The van der Waals surface area contributed by atoms with Crippen LogP contribution in [0, 0.1) is 0 Å². The van der Waals surface area contributed by atoms with Gasteiger partial charge in [0, 0.05) is 0 Å². The fraction of sp³-hybridized carbons (Fsp3) is 0.571. The average Bonchev–Trinajstić information content (AvgIpc) is 1.53. The second kappa shape index (κ2) is 3.57. The number of hydrogen-bond donors (Lipinski definition) is 1. The average molecular weight is 174 g/mol. The standard InChI is InChI=1S/C7H14O3Si/c1-6(5-7(8)9)10-11(2,3)4/h1,5H2,2-4H3,(H,8,9). The number of carbonyl (C=O) groups is 1. The zero-order chi connectivity index (χ0) is 9.07. The van der Waals surface area contributed by atoms with Gasteiger partial charge in [-0.2, -0.15) is 0 Å². The summed E-state index contributed by atoms with van der Waals surface area (Å²) >= 11 is 0. The molecule has 0 heterocycles. The van der Waals surface area contributed by atoms with Gasteiger partial charge in [-0.15, -0.1) is 0 Å². The SMILES string of the molecule is C=C(CC(=O)O)O[Si](C)(C)C. The van der Waals surface area contributed by atoms with Crippen LogP contribution in [0.5, 0.6) is 0 Å². The molecule has 0 bridgehead atoms. The van der Waals surface area contributed by atoms with Crippen LogP contribution in [0.15, 0.2) is 12.3 Å². The van der Waals surface area contributed by atoms with E-state index in [4.69, 9.17) is 9.53 Å². The van der Waals surface area contributed by atoms with Gasteiger partial charge >= 0.3 is 5.97 Å². The summed E-state index contributed by atoms with van der Waals surface area (Å²) in [6, 6.07) is 0. The molecule has 0 rings (SSSR count). The molecular formula is C7H14O3Si. The van der Waals surface area contributed by atoms with Crippen molar-refractivity contribution in [1.82, 2.24) is 0 Å². The van der Waals surface area contributed by atoms with Crippen molar-refractivity contribution in [3.8, 4) is 0 Å². The van der Waals surface area contributed by atoms with E-state index in [0.717, 1.165) is 0 Å². The Morgan fingerprint density at radius 1 is 1.55 bits per heavy atom. The molecule has 0 saturated carbocycles. The minimum Gasteiger partial charge on any atom is -0.547 e. The van der Waals surface area contributed by atoms with Crippen LogP contribution in [0.3, 0.4) is 0 Å².